The summed E-state index contributed by atoms with van der Waals surface area (Å²) in [6.07, 6.45) is 0. The molecule has 0 atom stereocenters. The van der Waals surface area contributed by atoms with Crippen molar-refractivity contribution in [1.29, 1.82) is 0 Å². The van der Waals surface area contributed by atoms with Gasteiger partial charge in [-0.15, -0.1) is 0 Å². The topological polar surface area (TPSA) is 41.5 Å². The monoisotopic (exact) mass is 592 g/mol. The number of phenols is 1. The molecule has 0 saturated carbocycles. The van der Waals surface area contributed by atoms with E-state index < -0.39 is 0 Å². The van der Waals surface area contributed by atoms with Gasteiger partial charge in [0, 0.05) is 38.6 Å². The average Bonchev–Trinajstić information content (AvgIpc) is 3.66. The minimum absolute atomic E-state index is 0.227. The Hall–Kier alpha value is -6.26. The van der Waals surface area contributed by atoms with Gasteiger partial charge in [-0.25, -0.2) is 0 Å². The summed E-state index contributed by atoms with van der Waals surface area (Å²) in [5.74, 6) is 0.227. The van der Waals surface area contributed by atoms with E-state index in [0.717, 1.165) is 55.8 Å². The van der Waals surface area contributed by atoms with E-state index in [9.17, 15) is 5.11 Å². The molecule has 9 rings (SSSR count). The molecule has 1 N–H and O–H groups in total. The van der Waals surface area contributed by atoms with Crippen molar-refractivity contribution in [2.75, 3.05) is 4.90 Å². The molecule has 2 aromatic heterocycles. The summed E-state index contributed by atoms with van der Waals surface area (Å²) in [6.45, 7) is 0. The third kappa shape index (κ3) is 4.15. The normalized spacial score (nSPS) is 11.6. The van der Waals surface area contributed by atoms with Crippen LogP contribution in [0.4, 0.5) is 17.1 Å². The number of fused-ring (bicyclic) bond motifs is 6. The summed E-state index contributed by atoms with van der Waals surface area (Å²) in [7, 11) is 0. The van der Waals surface area contributed by atoms with Crippen LogP contribution in [0.1, 0.15) is 0 Å². The molecule has 9 aromatic rings. The molecule has 0 amide bonds. The lowest BCUT2D eigenvalue weighted by Gasteiger charge is -2.25. The fraction of sp³-hybridized carbons (Fsp3) is 0. The zero-order valence-corrected chi connectivity index (χ0v) is 24.8. The molecule has 0 spiro atoms. The SMILES string of the molecule is Oc1ccc(N(c2ccc(-c3ccc4c(c3)c3ccccc3n4-c3ccccc3)cc2)c2cccc3c2oc2ccccc23)cc1. The van der Waals surface area contributed by atoms with E-state index >= 15 is 0 Å². The Labute approximate surface area is 265 Å². The van der Waals surface area contributed by atoms with Gasteiger partial charge in [0.15, 0.2) is 5.58 Å². The minimum Gasteiger partial charge on any atom is -0.508 e. The molecule has 0 aliphatic rings. The number of anilines is 3. The summed E-state index contributed by atoms with van der Waals surface area (Å²) < 4.78 is 8.78. The molecule has 0 aliphatic carbocycles. The molecule has 4 heteroatoms. The number of para-hydroxylation sites is 4. The molecule has 0 aliphatic heterocycles. The number of nitrogens with zero attached hydrogens (tertiary/aromatic N) is 2. The van der Waals surface area contributed by atoms with Crippen LogP contribution in [-0.4, -0.2) is 9.67 Å². The number of hydrogen-bond donors (Lipinski definition) is 1. The Kier molecular flexibility index (Phi) is 5.93. The van der Waals surface area contributed by atoms with Crippen molar-refractivity contribution in [3.05, 3.63) is 164 Å². The summed E-state index contributed by atoms with van der Waals surface area (Å²) in [6, 6.07) is 56.3. The molecule has 2 heterocycles. The van der Waals surface area contributed by atoms with Crippen molar-refractivity contribution in [1.82, 2.24) is 4.57 Å². The van der Waals surface area contributed by atoms with Crippen molar-refractivity contribution in [2.45, 2.75) is 0 Å². The first kappa shape index (κ1) is 26.2. The van der Waals surface area contributed by atoms with Crippen molar-refractivity contribution in [3.63, 3.8) is 0 Å². The molecule has 218 valence electrons. The maximum atomic E-state index is 10.1. The van der Waals surface area contributed by atoms with Crippen LogP contribution in [0.3, 0.4) is 0 Å². The van der Waals surface area contributed by atoms with Gasteiger partial charge in [-0.1, -0.05) is 84.9 Å². The highest BCUT2D eigenvalue weighted by Crippen LogP contribution is 2.43. The predicted molar refractivity (Wildman–Crippen MR) is 190 cm³/mol. The van der Waals surface area contributed by atoms with Gasteiger partial charge in [0.05, 0.1) is 16.7 Å². The maximum Gasteiger partial charge on any atom is 0.159 e. The number of aromatic nitrogens is 1. The summed E-state index contributed by atoms with van der Waals surface area (Å²) in [4.78, 5) is 2.19. The van der Waals surface area contributed by atoms with Crippen molar-refractivity contribution in [3.8, 4) is 22.6 Å². The Morgan fingerprint density at radius 2 is 1.11 bits per heavy atom. The highest BCUT2D eigenvalue weighted by molar-refractivity contribution is 6.11. The van der Waals surface area contributed by atoms with E-state index in [1.165, 1.54) is 21.8 Å². The largest absolute Gasteiger partial charge is 0.508 e. The van der Waals surface area contributed by atoms with Gasteiger partial charge in [-0.2, -0.15) is 0 Å². The molecule has 0 unspecified atom stereocenters. The maximum absolute atomic E-state index is 10.1. The Morgan fingerprint density at radius 3 is 1.91 bits per heavy atom. The second-order valence-corrected chi connectivity index (χ2v) is 11.6. The van der Waals surface area contributed by atoms with Gasteiger partial charge in [-0.3, -0.25) is 0 Å². The van der Waals surface area contributed by atoms with Crippen LogP contribution in [0, 0.1) is 0 Å². The molecule has 0 saturated heterocycles. The van der Waals surface area contributed by atoms with Gasteiger partial charge < -0.3 is 19.0 Å². The lowest BCUT2D eigenvalue weighted by atomic mass is 10.0. The summed E-state index contributed by atoms with van der Waals surface area (Å²) in [5, 5.41) is 14.7. The third-order valence-corrected chi connectivity index (χ3v) is 8.88. The Bertz CT molecular complexity index is 2530. The zero-order valence-electron chi connectivity index (χ0n) is 24.8. The van der Waals surface area contributed by atoms with Gasteiger partial charge in [0.25, 0.3) is 0 Å². The van der Waals surface area contributed by atoms with Crippen LogP contribution < -0.4 is 4.90 Å². The molecule has 4 nitrogen and oxygen atoms in total. The number of aromatic hydroxyl groups is 1. The lowest BCUT2D eigenvalue weighted by Crippen LogP contribution is -2.10. The van der Waals surface area contributed by atoms with E-state index in [1.54, 1.807) is 12.1 Å². The van der Waals surface area contributed by atoms with E-state index in [0.29, 0.717) is 0 Å². The number of hydrogen-bond acceptors (Lipinski definition) is 3. The third-order valence-electron chi connectivity index (χ3n) is 8.88. The molecule has 0 bridgehead atoms. The van der Waals surface area contributed by atoms with E-state index in [-0.39, 0.29) is 5.75 Å². The van der Waals surface area contributed by atoms with Crippen LogP contribution >= 0.6 is 0 Å². The molecular formula is C42H28N2O2. The number of phenolic OH excluding ortho intramolecular Hbond substituents is 1. The number of benzene rings is 7. The smallest absolute Gasteiger partial charge is 0.159 e. The Morgan fingerprint density at radius 1 is 0.478 bits per heavy atom. The van der Waals surface area contributed by atoms with Crippen molar-refractivity contribution < 1.29 is 9.52 Å². The second kappa shape index (κ2) is 10.4. The van der Waals surface area contributed by atoms with Gasteiger partial charge in [0.2, 0.25) is 0 Å². The van der Waals surface area contributed by atoms with Crippen LogP contribution in [0.2, 0.25) is 0 Å². The highest BCUT2D eigenvalue weighted by atomic mass is 16.3. The number of rotatable bonds is 5. The zero-order chi connectivity index (χ0) is 30.6. The predicted octanol–water partition coefficient (Wildman–Crippen LogP) is 11.5. The fourth-order valence-corrected chi connectivity index (χ4v) is 6.75. The van der Waals surface area contributed by atoms with Crippen LogP contribution in [0.5, 0.6) is 5.75 Å². The quantitative estimate of drug-likeness (QED) is 0.216. The van der Waals surface area contributed by atoms with Gasteiger partial charge >= 0.3 is 0 Å². The summed E-state index contributed by atoms with van der Waals surface area (Å²) >= 11 is 0. The minimum atomic E-state index is 0.227. The van der Waals surface area contributed by atoms with Crippen molar-refractivity contribution in [2.24, 2.45) is 0 Å². The van der Waals surface area contributed by atoms with E-state index in [4.69, 9.17) is 4.42 Å². The molecule has 0 fully saturated rings. The molecular weight excluding hydrogens is 564 g/mol. The summed E-state index contributed by atoms with van der Waals surface area (Å²) in [5.41, 5.74) is 10.3. The molecule has 7 aromatic carbocycles. The standard InChI is InChI=1S/C42H28N2O2/c45-33-24-22-32(23-25-33)43(40-15-8-13-36-35-12-5-7-16-41(35)46-42(36)40)31-20-17-28(18-21-31)29-19-26-39-37(27-29)34-11-4-6-14-38(34)44(39)30-9-2-1-3-10-30/h1-27,45H. The first-order chi connectivity index (χ1) is 22.7. The van der Waals surface area contributed by atoms with Crippen molar-refractivity contribution >= 4 is 60.8 Å². The first-order valence-electron chi connectivity index (χ1n) is 15.4. The average molecular weight is 593 g/mol. The van der Waals surface area contributed by atoms with E-state index in [2.05, 4.69) is 131 Å². The molecule has 46 heavy (non-hydrogen) atoms. The lowest BCUT2D eigenvalue weighted by molar-refractivity contribution is 0.475. The van der Waals surface area contributed by atoms with Crippen LogP contribution in [0.25, 0.3) is 60.6 Å². The Balaban J connectivity index is 1.17. The molecule has 0 radical (unpaired) electrons. The highest BCUT2D eigenvalue weighted by Gasteiger charge is 2.20. The first-order valence-corrected chi connectivity index (χ1v) is 15.4. The van der Waals surface area contributed by atoms with Gasteiger partial charge in [0.1, 0.15) is 11.3 Å². The fourth-order valence-electron chi connectivity index (χ4n) is 6.75. The van der Waals surface area contributed by atoms with Crippen LogP contribution in [0.15, 0.2) is 168 Å². The van der Waals surface area contributed by atoms with E-state index in [1.807, 2.05) is 30.3 Å². The van der Waals surface area contributed by atoms with Gasteiger partial charge in [-0.05, 0) is 90.0 Å². The van der Waals surface area contributed by atoms with Crippen LogP contribution in [-0.2, 0) is 0 Å². The number of furan rings is 1. The second-order valence-electron chi connectivity index (χ2n) is 11.6.